The Morgan fingerprint density at radius 2 is 1.97 bits per heavy atom. The average molecular weight is 476 g/mol. The molecule has 0 radical (unpaired) electrons. The SMILES string of the molecule is CSCCOc1ccc(NC(=O)NC2CCC(CN=Cc3cc(Cl)ccc3O)CC2)cc1. The Kier molecular flexibility index (Phi) is 9.56. The molecule has 0 spiro atoms. The molecule has 1 saturated carbocycles. The number of rotatable bonds is 9. The van der Waals surface area contributed by atoms with Gasteiger partial charge in [0.25, 0.3) is 0 Å². The number of nitrogens with one attached hydrogen (secondary N) is 2. The van der Waals surface area contributed by atoms with E-state index in [0.717, 1.165) is 42.9 Å². The van der Waals surface area contributed by atoms with Gasteiger partial charge in [0, 0.05) is 40.8 Å². The second-order valence-electron chi connectivity index (χ2n) is 7.88. The Labute approximate surface area is 198 Å². The second-order valence-corrected chi connectivity index (χ2v) is 9.30. The van der Waals surface area contributed by atoms with Gasteiger partial charge in [0.05, 0.1) is 6.61 Å². The second kappa shape index (κ2) is 12.6. The summed E-state index contributed by atoms with van der Waals surface area (Å²) in [5, 5.41) is 16.4. The Morgan fingerprint density at radius 3 is 2.69 bits per heavy atom. The molecule has 32 heavy (non-hydrogen) atoms. The van der Waals surface area contributed by atoms with Gasteiger partial charge in [0.1, 0.15) is 11.5 Å². The molecule has 1 aliphatic carbocycles. The molecular formula is C24H30ClN3O3S. The normalized spacial score (nSPS) is 18.4. The van der Waals surface area contributed by atoms with Crippen LogP contribution in [0.25, 0.3) is 0 Å². The van der Waals surface area contributed by atoms with Crippen LogP contribution in [-0.2, 0) is 0 Å². The number of benzene rings is 2. The highest BCUT2D eigenvalue weighted by Gasteiger charge is 2.22. The van der Waals surface area contributed by atoms with Gasteiger partial charge in [-0.05, 0) is 80.3 Å². The van der Waals surface area contributed by atoms with Crippen molar-refractivity contribution in [3.63, 3.8) is 0 Å². The van der Waals surface area contributed by atoms with Gasteiger partial charge in [-0.3, -0.25) is 4.99 Å². The van der Waals surface area contributed by atoms with Gasteiger partial charge in [-0.2, -0.15) is 11.8 Å². The van der Waals surface area contributed by atoms with Crippen LogP contribution in [0.5, 0.6) is 11.5 Å². The summed E-state index contributed by atoms with van der Waals surface area (Å²) in [6.45, 7) is 1.38. The van der Waals surface area contributed by atoms with Gasteiger partial charge in [0.15, 0.2) is 0 Å². The summed E-state index contributed by atoms with van der Waals surface area (Å²) in [5.74, 6) is 2.40. The Bertz CT molecular complexity index is 900. The zero-order valence-electron chi connectivity index (χ0n) is 18.2. The minimum Gasteiger partial charge on any atom is -0.507 e. The number of nitrogens with zero attached hydrogens (tertiary/aromatic N) is 1. The van der Waals surface area contributed by atoms with Gasteiger partial charge in [-0.1, -0.05) is 11.6 Å². The number of amides is 2. The van der Waals surface area contributed by atoms with Gasteiger partial charge in [-0.15, -0.1) is 0 Å². The summed E-state index contributed by atoms with van der Waals surface area (Å²) in [4.78, 5) is 16.8. The first-order valence-corrected chi connectivity index (χ1v) is 12.6. The lowest BCUT2D eigenvalue weighted by Gasteiger charge is -2.28. The largest absolute Gasteiger partial charge is 0.507 e. The minimum absolute atomic E-state index is 0.168. The number of hydrogen-bond donors (Lipinski definition) is 3. The third kappa shape index (κ3) is 7.95. The quantitative estimate of drug-likeness (QED) is 0.326. The number of thioether (sulfide) groups is 1. The van der Waals surface area contributed by atoms with E-state index in [-0.39, 0.29) is 17.8 Å². The first-order valence-electron chi connectivity index (χ1n) is 10.8. The molecule has 3 rings (SSSR count). The van der Waals surface area contributed by atoms with Crippen LogP contribution in [0.2, 0.25) is 5.02 Å². The predicted molar refractivity (Wildman–Crippen MR) is 134 cm³/mol. The maximum Gasteiger partial charge on any atom is 0.319 e. The number of aromatic hydroxyl groups is 1. The van der Waals surface area contributed by atoms with Crippen molar-refractivity contribution < 1.29 is 14.6 Å². The monoisotopic (exact) mass is 475 g/mol. The van der Waals surface area contributed by atoms with Crippen LogP contribution < -0.4 is 15.4 Å². The first-order chi connectivity index (χ1) is 15.5. The highest BCUT2D eigenvalue weighted by Crippen LogP contribution is 2.25. The molecule has 0 bridgehead atoms. The number of carbonyl (C=O) groups is 1. The van der Waals surface area contributed by atoms with Crippen LogP contribution in [0.1, 0.15) is 31.2 Å². The third-order valence-corrected chi connectivity index (χ3v) is 6.24. The van der Waals surface area contributed by atoms with E-state index in [9.17, 15) is 9.90 Å². The molecule has 0 saturated heterocycles. The van der Waals surface area contributed by atoms with Crippen molar-refractivity contribution >= 4 is 41.3 Å². The van der Waals surface area contributed by atoms with Crippen LogP contribution in [0.15, 0.2) is 47.5 Å². The number of carbonyl (C=O) groups excluding carboxylic acids is 1. The zero-order chi connectivity index (χ0) is 22.8. The van der Waals surface area contributed by atoms with Crippen LogP contribution in [0.3, 0.4) is 0 Å². The summed E-state index contributed by atoms with van der Waals surface area (Å²) in [6, 6.07) is 12.3. The molecule has 3 N–H and O–H groups in total. The minimum atomic E-state index is -0.182. The van der Waals surface area contributed by atoms with Crippen molar-refractivity contribution in [1.29, 1.82) is 0 Å². The number of ether oxygens (including phenoxy) is 1. The third-order valence-electron chi connectivity index (χ3n) is 5.43. The van der Waals surface area contributed by atoms with Crippen LogP contribution >= 0.6 is 23.4 Å². The summed E-state index contributed by atoms with van der Waals surface area (Å²) in [6.07, 6.45) is 7.59. The molecule has 0 atom stereocenters. The van der Waals surface area contributed by atoms with Crippen LogP contribution in [0, 0.1) is 5.92 Å². The van der Waals surface area contributed by atoms with E-state index in [2.05, 4.69) is 15.6 Å². The van der Waals surface area contributed by atoms with Crippen LogP contribution in [0.4, 0.5) is 10.5 Å². The molecule has 0 unspecified atom stereocenters. The maximum absolute atomic E-state index is 12.3. The molecule has 172 valence electrons. The zero-order valence-corrected chi connectivity index (χ0v) is 19.8. The fourth-order valence-corrected chi connectivity index (χ4v) is 4.08. The molecule has 2 amide bonds. The highest BCUT2D eigenvalue weighted by molar-refractivity contribution is 7.98. The number of halogens is 1. The van der Waals surface area contributed by atoms with Gasteiger partial charge < -0.3 is 20.5 Å². The molecule has 6 nitrogen and oxygen atoms in total. The van der Waals surface area contributed by atoms with E-state index in [0.29, 0.717) is 29.7 Å². The maximum atomic E-state index is 12.3. The molecular weight excluding hydrogens is 446 g/mol. The van der Waals surface area contributed by atoms with E-state index in [1.165, 1.54) is 0 Å². The molecule has 8 heteroatoms. The van der Waals surface area contributed by atoms with E-state index >= 15 is 0 Å². The van der Waals surface area contributed by atoms with Crippen molar-refractivity contribution in [3.05, 3.63) is 53.1 Å². The molecule has 1 fully saturated rings. The van der Waals surface area contributed by atoms with Crippen molar-refractivity contribution in [3.8, 4) is 11.5 Å². The summed E-state index contributed by atoms with van der Waals surface area (Å²) < 4.78 is 5.62. The highest BCUT2D eigenvalue weighted by atomic mass is 35.5. The lowest BCUT2D eigenvalue weighted by Crippen LogP contribution is -2.40. The summed E-state index contributed by atoms with van der Waals surface area (Å²) in [7, 11) is 0. The van der Waals surface area contributed by atoms with E-state index in [1.807, 2.05) is 30.5 Å². The number of urea groups is 1. The summed E-state index contributed by atoms with van der Waals surface area (Å²) in [5.41, 5.74) is 1.37. The molecule has 0 aliphatic heterocycles. The topological polar surface area (TPSA) is 83.0 Å². The van der Waals surface area contributed by atoms with Crippen molar-refractivity contribution in [2.24, 2.45) is 10.9 Å². The molecule has 1 aliphatic rings. The molecule has 0 aromatic heterocycles. The molecule has 2 aromatic rings. The molecule has 2 aromatic carbocycles. The number of phenols is 1. The Balaban J connectivity index is 1.36. The number of phenolic OH excluding ortho intramolecular Hbond substituents is 1. The smallest absolute Gasteiger partial charge is 0.319 e. The van der Waals surface area contributed by atoms with Crippen molar-refractivity contribution in [2.45, 2.75) is 31.7 Å². The van der Waals surface area contributed by atoms with Gasteiger partial charge in [0.2, 0.25) is 0 Å². The Morgan fingerprint density at radius 1 is 1.22 bits per heavy atom. The van der Waals surface area contributed by atoms with Gasteiger partial charge in [-0.25, -0.2) is 4.79 Å². The van der Waals surface area contributed by atoms with Crippen molar-refractivity contribution in [1.82, 2.24) is 5.32 Å². The number of hydrogen-bond acceptors (Lipinski definition) is 5. The number of anilines is 1. The Hall–Kier alpha value is -2.38. The number of aliphatic imine (C=N–C) groups is 1. The average Bonchev–Trinajstić information content (AvgIpc) is 2.78. The lowest BCUT2D eigenvalue weighted by atomic mass is 9.86. The summed E-state index contributed by atoms with van der Waals surface area (Å²) >= 11 is 7.71. The first kappa shape index (κ1) is 24.3. The van der Waals surface area contributed by atoms with Crippen molar-refractivity contribution in [2.75, 3.05) is 30.5 Å². The van der Waals surface area contributed by atoms with Gasteiger partial charge >= 0.3 is 6.03 Å². The standard InChI is InChI=1S/C24H30ClN3O3S/c1-32-13-12-31-22-9-7-21(8-10-22)28-24(30)27-20-5-2-17(3-6-20)15-26-16-18-14-19(25)4-11-23(18)29/h4,7-11,14,16-17,20,29H,2-3,5-6,12-13,15H2,1H3,(H2,27,28,30). The van der Waals surface area contributed by atoms with Crippen LogP contribution in [-0.4, -0.2) is 48.6 Å². The van der Waals surface area contributed by atoms with E-state index < -0.39 is 0 Å². The van der Waals surface area contributed by atoms with E-state index in [4.69, 9.17) is 16.3 Å². The lowest BCUT2D eigenvalue weighted by molar-refractivity contribution is 0.238. The molecule has 0 heterocycles. The fraction of sp³-hybridized carbons (Fsp3) is 0.417. The predicted octanol–water partition coefficient (Wildman–Crippen LogP) is 5.59. The fourth-order valence-electron chi connectivity index (χ4n) is 3.65. The van der Waals surface area contributed by atoms with E-state index in [1.54, 1.807) is 36.2 Å².